The van der Waals surface area contributed by atoms with E-state index >= 15 is 0 Å². The Labute approximate surface area is 367 Å². The summed E-state index contributed by atoms with van der Waals surface area (Å²) in [6, 6.07) is 0. The molecule has 0 spiro atoms. The SMILES string of the molecule is CCCCCCCCC/C=C\CCCCCCCCOCC(COP(=O)([O-])OCC[N+](C)(C)C)OC(=O)CCCCCCCCCCCCCCCCCCCCCC. The van der Waals surface area contributed by atoms with Gasteiger partial charge in [0.15, 0.2) is 0 Å². The van der Waals surface area contributed by atoms with Gasteiger partial charge < -0.3 is 27.9 Å². The summed E-state index contributed by atoms with van der Waals surface area (Å²) in [5.41, 5.74) is 0. The van der Waals surface area contributed by atoms with E-state index in [-0.39, 0.29) is 25.8 Å². The Morgan fingerprint density at radius 3 is 1.29 bits per heavy atom. The molecule has 0 heterocycles. The van der Waals surface area contributed by atoms with E-state index in [0.717, 1.165) is 32.1 Å². The van der Waals surface area contributed by atoms with Crippen LogP contribution in [-0.2, 0) is 27.9 Å². The molecule has 352 valence electrons. The third-order valence-corrected chi connectivity index (χ3v) is 12.3. The number of rotatable bonds is 48. The molecule has 0 rings (SSSR count). The normalized spacial score (nSPS) is 13.7. The summed E-state index contributed by atoms with van der Waals surface area (Å²) in [5.74, 6) is -0.330. The summed E-state index contributed by atoms with van der Waals surface area (Å²) >= 11 is 0. The molecule has 0 aromatic rings. The molecule has 59 heavy (non-hydrogen) atoms. The van der Waals surface area contributed by atoms with Gasteiger partial charge in [0.25, 0.3) is 7.82 Å². The van der Waals surface area contributed by atoms with E-state index in [1.54, 1.807) is 0 Å². The number of likely N-dealkylation sites (N-methyl/N-ethyl adjacent to an activating group) is 1. The fourth-order valence-corrected chi connectivity index (χ4v) is 8.10. The Morgan fingerprint density at radius 1 is 0.508 bits per heavy atom. The van der Waals surface area contributed by atoms with Crippen molar-refractivity contribution < 1.29 is 37.3 Å². The summed E-state index contributed by atoms with van der Waals surface area (Å²) in [6.07, 6.45) is 49.4. The number of hydrogen-bond acceptors (Lipinski definition) is 7. The van der Waals surface area contributed by atoms with Crippen molar-refractivity contribution in [1.29, 1.82) is 0 Å². The van der Waals surface area contributed by atoms with Gasteiger partial charge in [-0.05, 0) is 38.5 Å². The van der Waals surface area contributed by atoms with Crippen LogP contribution in [0, 0.1) is 0 Å². The van der Waals surface area contributed by atoms with Gasteiger partial charge in [0.2, 0.25) is 0 Å². The molecule has 0 saturated carbocycles. The lowest BCUT2D eigenvalue weighted by Gasteiger charge is -2.28. The van der Waals surface area contributed by atoms with Crippen LogP contribution in [0.2, 0.25) is 0 Å². The lowest BCUT2D eigenvalue weighted by atomic mass is 10.0. The molecule has 0 N–H and O–H groups in total. The van der Waals surface area contributed by atoms with Crippen molar-refractivity contribution in [1.82, 2.24) is 0 Å². The van der Waals surface area contributed by atoms with Crippen LogP contribution in [0.5, 0.6) is 0 Å². The van der Waals surface area contributed by atoms with Gasteiger partial charge in [-0.1, -0.05) is 212 Å². The molecule has 9 heteroatoms. The van der Waals surface area contributed by atoms with Gasteiger partial charge in [0, 0.05) is 13.0 Å². The standard InChI is InChI=1S/C50H100NO7P/c1-6-8-10-12-14-16-18-20-22-24-25-26-27-29-31-33-35-37-39-41-43-50(52)58-49(48-57-59(53,54)56-46-44-51(3,4)5)47-55-45-42-40-38-36-34-32-30-28-23-21-19-17-15-13-11-9-7-2/h23,28,49H,6-22,24-27,29-48H2,1-5H3/b28-23-. The van der Waals surface area contributed by atoms with Gasteiger partial charge in [-0.25, -0.2) is 0 Å². The highest BCUT2D eigenvalue weighted by molar-refractivity contribution is 7.45. The fourth-order valence-electron chi connectivity index (χ4n) is 7.37. The first-order valence-corrected chi connectivity index (χ1v) is 26.9. The van der Waals surface area contributed by atoms with E-state index in [4.69, 9.17) is 18.5 Å². The summed E-state index contributed by atoms with van der Waals surface area (Å²) in [4.78, 5) is 25.2. The molecule has 0 aromatic heterocycles. The van der Waals surface area contributed by atoms with Gasteiger partial charge in [-0.3, -0.25) is 9.36 Å². The molecule has 0 bridgehead atoms. The number of unbranched alkanes of at least 4 members (excludes halogenated alkanes) is 32. The Kier molecular flexibility index (Phi) is 43.3. The number of esters is 1. The van der Waals surface area contributed by atoms with Crippen LogP contribution in [0.15, 0.2) is 12.2 Å². The van der Waals surface area contributed by atoms with Crippen LogP contribution in [0.4, 0.5) is 0 Å². The molecule has 0 aliphatic carbocycles. The smallest absolute Gasteiger partial charge is 0.306 e. The van der Waals surface area contributed by atoms with Crippen molar-refractivity contribution >= 4 is 13.8 Å². The number of phosphoric ester groups is 1. The van der Waals surface area contributed by atoms with E-state index in [1.807, 2.05) is 21.1 Å². The van der Waals surface area contributed by atoms with Crippen molar-refractivity contribution in [2.45, 2.75) is 251 Å². The maximum Gasteiger partial charge on any atom is 0.306 e. The Bertz CT molecular complexity index is 956. The van der Waals surface area contributed by atoms with Crippen LogP contribution >= 0.6 is 7.82 Å². The number of phosphoric acid groups is 1. The van der Waals surface area contributed by atoms with E-state index in [1.165, 1.54) is 193 Å². The van der Waals surface area contributed by atoms with Gasteiger partial charge in [-0.15, -0.1) is 0 Å². The summed E-state index contributed by atoms with van der Waals surface area (Å²) in [6.45, 7) is 5.45. The summed E-state index contributed by atoms with van der Waals surface area (Å²) in [5, 5.41) is 0. The highest BCUT2D eigenvalue weighted by Gasteiger charge is 2.20. The lowest BCUT2D eigenvalue weighted by molar-refractivity contribution is -0.870. The van der Waals surface area contributed by atoms with Gasteiger partial charge in [-0.2, -0.15) is 0 Å². The van der Waals surface area contributed by atoms with Crippen molar-refractivity contribution in [3.8, 4) is 0 Å². The first-order chi connectivity index (χ1) is 28.6. The maximum absolute atomic E-state index is 12.7. The predicted octanol–water partition coefficient (Wildman–Crippen LogP) is 14.8. The van der Waals surface area contributed by atoms with Crippen molar-refractivity contribution in [2.75, 3.05) is 54.1 Å². The van der Waals surface area contributed by atoms with E-state index in [2.05, 4.69) is 26.0 Å². The molecule has 2 atom stereocenters. The second-order valence-corrected chi connectivity index (χ2v) is 19.9. The lowest BCUT2D eigenvalue weighted by Crippen LogP contribution is -2.37. The van der Waals surface area contributed by atoms with Crippen LogP contribution in [0.25, 0.3) is 0 Å². The monoisotopic (exact) mass is 858 g/mol. The average Bonchev–Trinajstić information content (AvgIpc) is 3.19. The van der Waals surface area contributed by atoms with Crippen LogP contribution in [0.3, 0.4) is 0 Å². The zero-order valence-corrected chi connectivity index (χ0v) is 40.9. The first kappa shape index (κ1) is 58.2. The number of hydrogen-bond donors (Lipinski definition) is 0. The van der Waals surface area contributed by atoms with E-state index in [0.29, 0.717) is 24.1 Å². The second-order valence-electron chi connectivity index (χ2n) is 18.5. The minimum atomic E-state index is -4.52. The Morgan fingerprint density at radius 2 is 0.881 bits per heavy atom. The molecule has 0 fully saturated rings. The summed E-state index contributed by atoms with van der Waals surface area (Å²) < 4.78 is 34.7. The minimum Gasteiger partial charge on any atom is -0.756 e. The number of ether oxygens (including phenoxy) is 2. The molecule has 0 aliphatic rings. The quantitative estimate of drug-likeness (QED) is 0.0198. The largest absolute Gasteiger partial charge is 0.756 e. The molecule has 0 radical (unpaired) electrons. The highest BCUT2D eigenvalue weighted by Crippen LogP contribution is 2.38. The predicted molar refractivity (Wildman–Crippen MR) is 250 cm³/mol. The Balaban J connectivity index is 4.12. The number of nitrogens with zero attached hydrogens (tertiary/aromatic N) is 1. The molecule has 2 unspecified atom stereocenters. The molecular weight excluding hydrogens is 758 g/mol. The minimum absolute atomic E-state index is 0.0285. The zero-order valence-electron chi connectivity index (χ0n) is 40.0. The average molecular weight is 858 g/mol. The number of allylic oxidation sites excluding steroid dienone is 2. The van der Waals surface area contributed by atoms with Crippen LogP contribution in [0.1, 0.15) is 245 Å². The number of carbonyl (C=O) groups is 1. The van der Waals surface area contributed by atoms with Crippen molar-refractivity contribution in [2.24, 2.45) is 0 Å². The number of carbonyl (C=O) groups excluding carboxylic acids is 1. The summed E-state index contributed by atoms with van der Waals surface area (Å²) in [7, 11) is 1.37. The molecule has 0 aliphatic heterocycles. The highest BCUT2D eigenvalue weighted by atomic mass is 31.2. The second kappa shape index (κ2) is 43.9. The van der Waals surface area contributed by atoms with Crippen LogP contribution in [-0.4, -0.2) is 70.7 Å². The van der Waals surface area contributed by atoms with Crippen molar-refractivity contribution in [3.63, 3.8) is 0 Å². The van der Waals surface area contributed by atoms with Gasteiger partial charge in [0.05, 0.1) is 34.4 Å². The number of quaternary nitrogens is 1. The molecular formula is C50H100NO7P. The molecule has 0 aromatic carbocycles. The topological polar surface area (TPSA) is 94.1 Å². The zero-order chi connectivity index (χ0) is 43.4. The third-order valence-electron chi connectivity index (χ3n) is 11.3. The molecule has 0 amide bonds. The third kappa shape index (κ3) is 48.1. The maximum atomic E-state index is 12.7. The van der Waals surface area contributed by atoms with Crippen LogP contribution < -0.4 is 4.89 Å². The van der Waals surface area contributed by atoms with Gasteiger partial charge >= 0.3 is 5.97 Å². The molecule has 0 saturated heterocycles. The van der Waals surface area contributed by atoms with E-state index in [9.17, 15) is 14.3 Å². The first-order valence-electron chi connectivity index (χ1n) is 25.4. The fraction of sp³-hybridized carbons (Fsp3) is 0.940. The van der Waals surface area contributed by atoms with Gasteiger partial charge in [0.1, 0.15) is 19.3 Å². The Hall–Kier alpha value is -0.760. The van der Waals surface area contributed by atoms with Crippen molar-refractivity contribution in [3.05, 3.63) is 12.2 Å². The molecule has 8 nitrogen and oxygen atoms in total. The van der Waals surface area contributed by atoms with E-state index < -0.39 is 13.9 Å².